The maximum absolute atomic E-state index is 5.89. The van der Waals surface area contributed by atoms with Gasteiger partial charge < -0.3 is 5.73 Å². The number of H-pyrrole nitrogens is 1. The molecule has 0 aromatic carbocycles. The lowest BCUT2D eigenvalue weighted by Gasteiger charge is -2.21. The first kappa shape index (κ1) is 9.19. The number of aromatic amines is 1. The van der Waals surface area contributed by atoms with Gasteiger partial charge in [-0.3, -0.25) is 5.10 Å². The Hall–Kier alpha value is -0.900. The van der Waals surface area contributed by atoms with Crippen LogP contribution in [0.3, 0.4) is 0 Å². The van der Waals surface area contributed by atoms with E-state index < -0.39 is 0 Å². The van der Waals surface area contributed by atoms with E-state index in [0.29, 0.717) is 0 Å². The van der Waals surface area contributed by atoms with Gasteiger partial charge in [-0.15, -0.1) is 0 Å². The Morgan fingerprint density at radius 3 is 2.67 bits per heavy atom. The second-order valence-corrected chi connectivity index (χ2v) is 4.24. The zero-order chi connectivity index (χ0) is 9.19. The SMILES string of the molecule is CC(C)(C)CC(N)c1ncn[nH]1. The van der Waals surface area contributed by atoms with Gasteiger partial charge in [0.05, 0.1) is 6.04 Å². The molecule has 0 aliphatic heterocycles. The fourth-order valence-electron chi connectivity index (χ4n) is 1.15. The summed E-state index contributed by atoms with van der Waals surface area (Å²) in [7, 11) is 0. The summed E-state index contributed by atoms with van der Waals surface area (Å²) >= 11 is 0. The van der Waals surface area contributed by atoms with Crippen molar-refractivity contribution < 1.29 is 0 Å². The predicted molar refractivity (Wildman–Crippen MR) is 47.4 cm³/mol. The molecule has 3 N–H and O–H groups in total. The number of rotatable bonds is 2. The molecule has 0 spiro atoms. The highest BCUT2D eigenvalue weighted by molar-refractivity contribution is 4.91. The lowest BCUT2D eigenvalue weighted by molar-refractivity contribution is 0.337. The van der Waals surface area contributed by atoms with Gasteiger partial charge in [0.15, 0.2) is 0 Å². The van der Waals surface area contributed by atoms with Crippen molar-refractivity contribution in [2.45, 2.75) is 33.2 Å². The van der Waals surface area contributed by atoms with Gasteiger partial charge >= 0.3 is 0 Å². The second-order valence-electron chi connectivity index (χ2n) is 4.24. The van der Waals surface area contributed by atoms with Crippen LogP contribution in [0.25, 0.3) is 0 Å². The Bertz CT molecular complexity index is 222. The average molecular weight is 168 g/mol. The summed E-state index contributed by atoms with van der Waals surface area (Å²) in [5.74, 6) is 0.768. The molecule has 1 atom stereocenters. The van der Waals surface area contributed by atoms with Gasteiger partial charge in [0, 0.05) is 0 Å². The molecular weight excluding hydrogens is 152 g/mol. The summed E-state index contributed by atoms with van der Waals surface area (Å²) in [6.07, 6.45) is 2.39. The number of hydrogen-bond acceptors (Lipinski definition) is 3. The van der Waals surface area contributed by atoms with Crippen molar-refractivity contribution >= 4 is 0 Å². The molecular formula is C8H16N4. The van der Waals surface area contributed by atoms with E-state index in [2.05, 4.69) is 36.0 Å². The molecule has 0 amide bonds. The van der Waals surface area contributed by atoms with E-state index in [1.54, 1.807) is 0 Å². The molecule has 4 heteroatoms. The van der Waals surface area contributed by atoms with Gasteiger partial charge in [-0.2, -0.15) is 5.10 Å². The molecule has 1 unspecified atom stereocenters. The van der Waals surface area contributed by atoms with Crippen molar-refractivity contribution in [2.24, 2.45) is 11.1 Å². The quantitative estimate of drug-likeness (QED) is 0.698. The van der Waals surface area contributed by atoms with Crippen LogP contribution in [0, 0.1) is 5.41 Å². The molecule has 1 heterocycles. The number of hydrogen-bond donors (Lipinski definition) is 2. The summed E-state index contributed by atoms with van der Waals surface area (Å²) in [5.41, 5.74) is 6.12. The largest absolute Gasteiger partial charge is 0.321 e. The van der Waals surface area contributed by atoms with Crippen LogP contribution in [0.5, 0.6) is 0 Å². The van der Waals surface area contributed by atoms with E-state index in [-0.39, 0.29) is 11.5 Å². The second kappa shape index (κ2) is 3.23. The summed E-state index contributed by atoms with van der Waals surface area (Å²) in [4.78, 5) is 4.01. The highest BCUT2D eigenvalue weighted by atomic mass is 15.2. The van der Waals surface area contributed by atoms with E-state index in [4.69, 9.17) is 5.73 Å². The van der Waals surface area contributed by atoms with Gasteiger partial charge in [-0.25, -0.2) is 4.98 Å². The van der Waals surface area contributed by atoms with Gasteiger partial charge in [0.25, 0.3) is 0 Å². The van der Waals surface area contributed by atoms with E-state index in [9.17, 15) is 0 Å². The third kappa shape index (κ3) is 2.62. The minimum atomic E-state index is -0.0347. The third-order valence-corrected chi connectivity index (χ3v) is 1.62. The third-order valence-electron chi connectivity index (χ3n) is 1.62. The molecule has 1 rings (SSSR count). The van der Waals surface area contributed by atoms with E-state index in [0.717, 1.165) is 12.2 Å². The van der Waals surface area contributed by atoms with Gasteiger partial charge in [-0.1, -0.05) is 20.8 Å². The predicted octanol–water partition coefficient (Wildman–Crippen LogP) is 1.24. The number of nitrogens with zero attached hydrogens (tertiary/aromatic N) is 2. The summed E-state index contributed by atoms with van der Waals surface area (Å²) in [5, 5.41) is 6.53. The lowest BCUT2D eigenvalue weighted by atomic mass is 9.88. The van der Waals surface area contributed by atoms with Crippen molar-refractivity contribution in [1.29, 1.82) is 0 Å². The number of aromatic nitrogens is 3. The molecule has 0 saturated carbocycles. The Morgan fingerprint density at radius 1 is 1.58 bits per heavy atom. The van der Waals surface area contributed by atoms with Crippen LogP contribution >= 0.6 is 0 Å². The van der Waals surface area contributed by atoms with Crippen LogP contribution in [0.15, 0.2) is 6.33 Å². The van der Waals surface area contributed by atoms with Crippen LogP contribution in [-0.4, -0.2) is 15.2 Å². The fraction of sp³-hybridized carbons (Fsp3) is 0.750. The monoisotopic (exact) mass is 168 g/mol. The Morgan fingerprint density at radius 2 is 2.25 bits per heavy atom. The maximum Gasteiger partial charge on any atom is 0.141 e. The average Bonchev–Trinajstić information content (AvgIpc) is 2.32. The molecule has 4 nitrogen and oxygen atoms in total. The standard InChI is InChI=1S/C8H16N4/c1-8(2,3)4-6(9)7-10-5-11-12-7/h5-6H,4,9H2,1-3H3,(H,10,11,12). The molecule has 1 aromatic heterocycles. The minimum Gasteiger partial charge on any atom is -0.321 e. The van der Waals surface area contributed by atoms with Crippen molar-refractivity contribution in [3.8, 4) is 0 Å². The van der Waals surface area contributed by atoms with E-state index in [1.807, 2.05) is 0 Å². The summed E-state index contributed by atoms with van der Waals surface area (Å²) in [6.45, 7) is 6.47. The Labute approximate surface area is 72.6 Å². The van der Waals surface area contributed by atoms with Crippen molar-refractivity contribution in [3.05, 3.63) is 12.2 Å². The maximum atomic E-state index is 5.89. The highest BCUT2D eigenvalue weighted by Gasteiger charge is 2.18. The van der Waals surface area contributed by atoms with Crippen molar-refractivity contribution in [3.63, 3.8) is 0 Å². The summed E-state index contributed by atoms with van der Waals surface area (Å²) < 4.78 is 0. The van der Waals surface area contributed by atoms with E-state index in [1.165, 1.54) is 6.33 Å². The zero-order valence-electron chi connectivity index (χ0n) is 7.83. The van der Waals surface area contributed by atoms with Crippen molar-refractivity contribution in [1.82, 2.24) is 15.2 Å². The van der Waals surface area contributed by atoms with E-state index >= 15 is 0 Å². The molecule has 0 aliphatic carbocycles. The molecule has 12 heavy (non-hydrogen) atoms. The van der Waals surface area contributed by atoms with Gasteiger partial charge in [0.1, 0.15) is 12.2 Å². The minimum absolute atomic E-state index is 0.0347. The fourth-order valence-corrected chi connectivity index (χ4v) is 1.15. The zero-order valence-corrected chi connectivity index (χ0v) is 7.83. The number of nitrogens with two attached hydrogens (primary N) is 1. The van der Waals surface area contributed by atoms with Crippen LogP contribution in [-0.2, 0) is 0 Å². The molecule has 0 bridgehead atoms. The Balaban J connectivity index is 2.56. The molecule has 1 aromatic rings. The lowest BCUT2D eigenvalue weighted by Crippen LogP contribution is -2.19. The number of nitrogens with one attached hydrogen (secondary N) is 1. The first-order valence-corrected chi connectivity index (χ1v) is 4.10. The molecule has 0 saturated heterocycles. The van der Waals surface area contributed by atoms with Gasteiger partial charge in [0.2, 0.25) is 0 Å². The first-order chi connectivity index (χ1) is 5.49. The first-order valence-electron chi connectivity index (χ1n) is 4.10. The topological polar surface area (TPSA) is 67.6 Å². The van der Waals surface area contributed by atoms with Gasteiger partial charge in [-0.05, 0) is 11.8 Å². The van der Waals surface area contributed by atoms with Crippen molar-refractivity contribution in [2.75, 3.05) is 0 Å². The molecule has 0 fully saturated rings. The molecule has 0 radical (unpaired) electrons. The van der Waals surface area contributed by atoms with Crippen LogP contribution < -0.4 is 5.73 Å². The van der Waals surface area contributed by atoms with Crippen LogP contribution in [0.2, 0.25) is 0 Å². The highest BCUT2D eigenvalue weighted by Crippen LogP contribution is 2.25. The Kier molecular flexibility index (Phi) is 2.47. The molecule has 68 valence electrons. The normalized spacial score (nSPS) is 14.7. The van der Waals surface area contributed by atoms with Crippen LogP contribution in [0.1, 0.15) is 39.1 Å². The smallest absolute Gasteiger partial charge is 0.141 e. The summed E-state index contributed by atoms with van der Waals surface area (Å²) in [6, 6.07) is -0.0347. The molecule has 0 aliphatic rings. The van der Waals surface area contributed by atoms with Crippen LogP contribution in [0.4, 0.5) is 0 Å².